The van der Waals surface area contributed by atoms with Crippen LogP contribution >= 0.6 is 0 Å². The Morgan fingerprint density at radius 3 is 2.47 bits per heavy atom. The zero-order chi connectivity index (χ0) is 25.2. The Labute approximate surface area is 210 Å². The summed E-state index contributed by atoms with van der Waals surface area (Å²) >= 11 is 0. The number of carbonyl (C=O) groups is 2. The van der Waals surface area contributed by atoms with Gasteiger partial charge in [0, 0.05) is 31.6 Å². The van der Waals surface area contributed by atoms with Crippen LogP contribution in [0.2, 0.25) is 0 Å². The molecule has 1 aromatic heterocycles. The highest BCUT2D eigenvalue weighted by Crippen LogP contribution is 2.40. The minimum absolute atomic E-state index is 0.0720. The number of morpholine rings is 1. The average Bonchev–Trinajstić information content (AvgIpc) is 3.44. The summed E-state index contributed by atoms with van der Waals surface area (Å²) in [6.07, 6.45) is 0.728. The molecule has 0 saturated carbocycles. The minimum atomic E-state index is -0.677. The number of nitrogens with zero attached hydrogens (tertiary/aromatic N) is 2. The first kappa shape index (κ1) is 24.3. The Balaban J connectivity index is 1.46. The maximum Gasteiger partial charge on any atom is 0.290 e. The molecular weight excluding hydrogens is 456 g/mol. The highest BCUT2D eigenvalue weighted by Gasteiger charge is 2.44. The van der Waals surface area contributed by atoms with Crippen LogP contribution in [0.4, 0.5) is 0 Å². The Morgan fingerprint density at radius 1 is 1.06 bits per heavy atom. The van der Waals surface area contributed by atoms with Gasteiger partial charge >= 0.3 is 0 Å². The molecule has 7 heteroatoms. The number of hydrogen-bond acceptors (Lipinski definition) is 6. The van der Waals surface area contributed by atoms with Crippen LogP contribution in [0.5, 0.6) is 0 Å². The summed E-state index contributed by atoms with van der Waals surface area (Å²) in [5.74, 6) is -1.01. The molecule has 2 aliphatic rings. The van der Waals surface area contributed by atoms with Gasteiger partial charge in [0.05, 0.1) is 24.8 Å². The van der Waals surface area contributed by atoms with Crippen LogP contribution in [-0.4, -0.2) is 66.0 Å². The van der Waals surface area contributed by atoms with Crippen LogP contribution in [-0.2, 0) is 9.53 Å². The number of fused-ring (bicyclic) bond motifs is 1. The number of carbonyl (C=O) groups excluding carboxylic acids is 2. The molecule has 3 heterocycles. The van der Waals surface area contributed by atoms with Gasteiger partial charge in [-0.25, -0.2) is 0 Å². The molecule has 5 rings (SSSR count). The van der Waals surface area contributed by atoms with Gasteiger partial charge in [0.1, 0.15) is 5.58 Å². The fourth-order valence-corrected chi connectivity index (χ4v) is 5.04. The smallest absolute Gasteiger partial charge is 0.290 e. The molecule has 188 valence electrons. The van der Waals surface area contributed by atoms with Crippen molar-refractivity contribution >= 4 is 22.7 Å². The van der Waals surface area contributed by atoms with Gasteiger partial charge in [0.2, 0.25) is 5.78 Å². The summed E-state index contributed by atoms with van der Waals surface area (Å²) in [6.45, 7) is 8.65. The summed E-state index contributed by atoms with van der Waals surface area (Å²) in [5.41, 5.74) is 2.62. The van der Waals surface area contributed by atoms with E-state index in [9.17, 15) is 14.7 Å². The monoisotopic (exact) mass is 488 g/mol. The van der Waals surface area contributed by atoms with E-state index in [2.05, 4.69) is 18.7 Å². The molecule has 36 heavy (non-hydrogen) atoms. The molecule has 2 aromatic carbocycles. The van der Waals surface area contributed by atoms with E-state index in [0.29, 0.717) is 31.3 Å². The van der Waals surface area contributed by atoms with Crippen molar-refractivity contribution < 1.29 is 23.8 Å². The molecule has 7 nitrogen and oxygen atoms in total. The third-order valence-corrected chi connectivity index (χ3v) is 7.09. The van der Waals surface area contributed by atoms with Gasteiger partial charge in [0.15, 0.2) is 11.5 Å². The lowest BCUT2D eigenvalue weighted by Gasteiger charge is -2.30. The Bertz CT molecular complexity index is 1250. The molecule has 1 atom stereocenters. The molecule has 0 bridgehead atoms. The second-order valence-electron chi connectivity index (χ2n) is 9.77. The van der Waals surface area contributed by atoms with Crippen LogP contribution in [0.3, 0.4) is 0 Å². The molecule has 1 fully saturated rings. The fourth-order valence-electron chi connectivity index (χ4n) is 5.04. The van der Waals surface area contributed by atoms with Crippen LogP contribution in [0.25, 0.3) is 11.0 Å². The first-order valence-electron chi connectivity index (χ1n) is 12.6. The SMILES string of the molecule is CC(C)c1ccc([C@H]2C(C(=O)c3cc4ccccc4o3)=C(O)C(=O)N2CCCN2CCOCC2)cc1. The van der Waals surface area contributed by atoms with Crippen LogP contribution in [0, 0.1) is 0 Å². The lowest BCUT2D eigenvalue weighted by molar-refractivity contribution is -0.129. The number of ether oxygens (including phenoxy) is 1. The minimum Gasteiger partial charge on any atom is -0.503 e. The van der Waals surface area contributed by atoms with Crippen molar-refractivity contribution in [3.8, 4) is 0 Å². The third kappa shape index (κ3) is 4.68. The number of rotatable bonds is 8. The van der Waals surface area contributed by atoms with Crippen molar-refractivity contribution in [1.82, 2.24) is 9.80 Å². The van der Waals surface area contributed by atoms with Gasteiger partial charge < -0.3 is 19.2 Å². The molecule has 3 aromatic rings. The highest BCUT2D eigenvalue weighted by atomic mass is 16.5. The predicted octanol–water partition coefficient (Wildman–Crippen LogP) is 4.86. The zero-order valence-electron chi connectivity index (χ0n) is 20.8. The number of para-hydroxylation sites is 1. The number of hydrogen-bond donors (Lipinski definition) is 1. The van der Waals surface area contributed by atoms with Crippen LogP contribution < -0.4 is 0 Å². The lowest BCUT2D eigenvalue weighted by Crippen LogP contribution is -2.39. The third-order valence-electron chi connectivity index (χ3n) is 7.09. The standard InChI is InChI=1S/C29H32N2O5/c1-19(2)20-8-10-21(11-9-20)26-25(27(32)24-18-22-6-3-4-7-23(22)36-24)28(33)29(34)31(26)13-5-12-30-14-16-35-17-15-30/h3-4,6-11,18-19,26,33H,5,12-17H2,1-2H3/t26-/m0/s1. The Hall–Kier alpha value is -3.42. The largest absolute Gasteiger partial charge is 0.503 e. The molecule has 0 spiro atoms. The number of Topliss-reactive ketones (excluding diaryl/α,β-unsaturated/α-hetero) is 1. The van der Waals surface area contributed by atoms with Crippen molar-refractivity contribution in [3.05, 3.63) is 82.8 Å². The second kappa shape index (κ2) is 10.3. The topological polar surface area (TPSA) is 83.2 Å². The molecular formula is C29H32N2O5. The van der Waals surface area contributed by atoms with E-state index in [-0.39, 0.29) is 11.3 Å². The maximum atomic E-state index is 13.7. The van der Waals surface area contributed by atoms with Crippen molar-refractivity contribution in [2.45, 2.75) is 32.2 Å². The van der Waals surface area contributed by atoms with E-state index in [1.165, 1.54) is 5.56 Å². The predicted molar refractivity (Wildman–Crippen MR) is 137 cm³/mol. The van der Waals surface area contributed by atoms with Gasteiger partial charge in [0.25, 0.3) is 5.91 Å². The number of benzene rings is 2. The molecule has 1 N–H and O–H groups in total. The molecule has 0 unspecified atom stereocenters. The van der Waals surface area contributed by atoms with Crippen molar-refractivity contribution in [3.63, 3.8) is 0 Å². The summed E-state index contributed by atoms with van der Waals surface area (Å²) in [4.78, 5) is 30.9. The Kier molecular flexibility index (Phi) is 6.94. The number of furan rings is 1. The Morgan fingerprint density at radius 2 is 1.78 bits per heavy atom. The number of ketones is 1. The summed E-state index contributed by atoms with van der Waals surface area (Å²) in [6, 6.07) is 16.3. The quantitative estimate of drug-likeness (QED) is 0.456. The van der Waals surface area contributed by atoms with Crippen LogP contribution in [0.1, 0.15) is 53.9 Å². The fraction of sp³-hybridized carbons (Fsp3) is 0.379. The van der Waals surface area contributed by atoms with E-state index < -0.39 is 23.5 Å². The van der Waals surface area contributed by atoms with E-state index in [0.717, 1.165) is 37.0 Å². The summed E-state index contributed by atoms with van der Waals surface area (Å²) in [7, 11) is 0. The van der Waals surface area contributed by atoms with Gasteiger partial charge in [-0.05, 0) is 35.6 Å². The zero-order valence-corrected chi connectivity index (χ0v) is 20.8. The molecule has 1 saturated heterocycles. The molecule has 0 aliphatic carbocycles. The first-order valence-corrected chi connectivity index (χ1v) is 12.6. The van der Waals surface area contributed by atoms with E-state index >= 15 is 0 Å². The molecule has 0 radical (unpaired) electrons. The number of aliphatic hydroxyl groups excluding tert-OH is 1. The normalized spacial score (nSPS) is 19.1. The number of aliphatic hydroxyl groups is 1. The van der Waals surface area contributed by atoms with E-state index in [1.54, 1.807) is 17.0 Å². The van der Waals surface area contributed by atoms with Gasteiger partial charge in [-0.2, -0.15) is 0 Å². The summed E-state index contributed by atoms with van der Waals surface area (Å²) < 4.78 is 11.2. The van der Waals surface area contributed by atoms with E-state index in [1.807, 2.05) is 42.5 Å². The maximum absolute atomic E-state index is 13.7. The van der Waals surface area contributed by atoms with Crippen LogP contribution in [0.15, 0.2) is 70.3 Å². The molecule has 1 amide bonds. The lowest BCUT2D eigenvalue weighted by atomic mass is 9.93. The summed E-state index contributed by atoms with van der Waals surface area (Å²) in [5, 5.41) is 11.8. The van der Waals surface area contributed by atoms with Crippen molar-refractivity contribution in [2.24, 2.45) is 0 Å². The van der Waals surface area contributed by atoms with Gasteiger partial charge in [-0.15, -0.1) is 0 Å². The molecule has 2 aliphatic heterocycles. The second-order valence-corrected chi connectivity index (χ2v) is 9.77. The average molecular weight is 489 g/mol. The van der Waals surface area contributed by atoms with Gasteiger partial charge in [-0.1, -0.05) is 56.3 Å². The highest BCUT2D eigenvalue weighted by molar-refractivity contribution is 6.16. The van der Waals surface area contributed by atoms with E-state index in [4.69, 9.17) is 9.15 Å². The van der Waals surface area contributed by atoms with Crippen molar-refractivity contribution in [1.29, 1.82) is 0 Å². The number of amides is 1. The first-order chi connectivity index (χ1) is 17.4. The van der Waals surface area contributed by atoms with Crippen molar-refractivity contribution in [2.75, 3.05) is 39.4 Å². The van der Waals surface area contributed by atoms with Gasteiger partial charge in [-0.3, -0.25) is 14.5 Å².